The Hall–Kier alpha value is -0.740. The zero-order valence-corrected chi connectivity index (χ0v) is 11.7. The maximum absolute atomic E-state index is 10.8. The van der Waals surface area contributed by atoms with Crippen molar-refractivity contribution >= 4 is 19.7 Å². The summed E-state index contributed by atoms with van der Waals surface area (Å²) >= 11 is 0. The molecule has 0 bridgehead atoms. The summed E-state index contributed by atoms with van der Waals surface area (Å²) in [5.41, 5.74) is 0.956. The quantitative estimate of drug-likeness (QED) is 0.782. The van der Waals surface area contributed by atoms with Crippen molar-refractivity contribution in [1.82, 2.24) is 0 Å². The fourth-order valence-electron chi connectivity index (χ4n) is 2.17. The third-order valence-corrected chi connectivity index (χ3v) is 4.32. The third kappa shape index (κ3) is 4.50. The van der Waals surface area contributed by atoms with Crippen LogP contribution in [0.5, 0.6) is 5.75 Å². The number of benzene rings is 1. The fourth-order valence-corrected chi connectivity index (χ4v) is 2.88. The van der Waals surface area contributed by atoms with Gasteiger partial charge in [0.05, 0.1) is 11.9 Å². The molecule has 1 aromatic carbocycles. The first-order chi connectivity index (χ1) is 8.53. The van der Waals surface area contributed by atoms with E-state index < -0.39 is 9.05 Å². The molecule has 3 nitrogen and oxygen atoms in total. The lowest BCUT2D eigenvalue weighted by atomic mass is 10.2. The predicted octanol–water partition coefficient (Wildman–Crippen LogP) is 3.12. The van der Waals surface area contributed by atoms with E-state index in [1.165, 1.54) is 12.8 Å². The molecule has 1 fully saturated rings. The van der Waals surface area contributed by atoms with Crippen LogP contribution in [0.3, 0.4) is 0 Å². The molecular formula is C13H17ClO3S. The lowest BCUT2D eigenvalue weighted by Gasteiger charge is -2.13. The van der Waals surface area contributed by atoms with Crippen LogP contribution in [0.1, 0.15) is 31.2 Å². The van der Waals surface area contributed by atoms with Crippen LogP contribution in [0.4, 0.5) is 0 Å². The molecule has 0 spiro atoms. The van der Waals surface area contributed by atoms with E-state index in [4.69, 9.17) is 15.4 Å². The summed E-state index contributed by atoms with van der Waals surface area (Å²) < 4.78 is 27.5. The molecule has 0 radical (unpaired) electrons. The lowest BCUT2D eigenvalue weighted by molar-refractivity contribution is 0.210. The second kappa shape index (κ2) is 5.93. The van der Waals surface area contributed by atoms with Crippen LogP contribution >= 0.6 is 10.7 Å². The molecule has 0 N–H and O–H groups in total. The van der Waals surface area contributed by atoms with E-state index in [-0.39, 0.29) is 5.75 Å². The maximum Gasteiger partial charge on any atom is 0.232 e. The minimum atomic E-state index is -3.41. The molecule has 0 aromatic heterocycles. The Labute approximate surface area is 113 Å². The first kappa shape index (κ1) is 13.7. The largest absolute Gasteiger partial charge is 0.490 e. The Bertz CT molecular complexity index is 475. The van der Waals surface area contributed by atoms with Gasteiger partial charge in [0.15, 0.2) is 0 Å². The average molecular weight is 289 g/mol. The maximum atomic E-state index is 10.8. The molecule has 1 aliphatic rings. The number of halogens is 1. The van der Waals surface area contributed by atoms with Gasteiger partial charge in [-0.2, -0.15) is 0 Å². The van der Waals surface area contributed by atoms with E-state index in [1.807, 2.05) is 24.3 Å². The Kier molecular flexibility index (Phi) is 4.51. The minimum absolute atomic E-state index is 0.0304. The van der Waals surface area contributed by atoms with Crippen molar-refractivity contribution in [3.63, 3.8) is 0 Å². The topological polar surface area (TPSA) is 43.4 Å². The number of rotatable bonds is 5. The van der Waals surface area contributed by atoms with Crippen LogP contribution in [0, 0.1) is 0 Å². The summed E-state index contributed by atoms with van der Waals surface area (Å²) in [5, 5.41) is 0. The zero-order chi connectivity index (χ0) is 13.0. The summed E-state index contributed by atoms with van der Waals surface area (Å²) in [6, 6.07) is 7.59. The number of hydrogen-bond acceptors (Lipinski definition) is 3. The van der Waals surface area contributed by atoms with Crippen LogP contribution in [-0.2, 0) is 15.5 Å². The zero-order valence-electron chi connectivity index (χ0n) is 10.1. The highest BCUT2D eigenvalue weighted by molar-refractivity contribution is 8.13. The molecule has 1 aliphatic carbocycles. The molecule has 0 unspecified atom stereocenters. The Morgan fingerprint density at radius 1 is 1.17 bits per heavy atom. The summed E-state index contributed by atoms with van der Waals surface area (Å²) in [7, 11) is 1.77. The monoisotopic (exact) mass is 288 g/mol. The molecule has 2 rings (SSSR count). The number of aryl methyl sites for hydroxylation is 1. The average Bonchev–Trinajstić information content (AvgIpc) is 2.80. The minimum Gasteiger partial charge on any atom is -0.490 e. The van der Waals surface area contributed by atoms with Gasteiger partial charge in [0.25, 0.3) is 0 Å². The second-order valence-corrected chi connectivity index (χ2v) is 7.56. The molecule has 0 atom stereocenters. The van der Waals surface area contributed by atoms with Gasteiger partial charge >= 0.3 is 0 Å². The van der Waals surface area contributed by atoms with E-state index >= 15 is 0 Å². The third-order valence-electron chi connectivity index (χ3n) is 3.16. The van der Waals surface area contributed by atoms with Gasteiger partial charge in [-0.15, -0.1) is 0 Å². The molecule has 5 heteroatoms. The van der Waals surface area contributed by atoms with E-state index in [9.17, 15) is 8.42 Å². The van der Waals surface area contributed by atoms with Crippen LogP contribution < -0.4 is 4.74 Å². The standard InChI is InChI=1S/C13H17ClO3S/c14-18(15,16)10-9-11-5-7-13(8-6-11)17-12-3-1-2-4-12/h5-8,12H,1-4,9-10H2. The molecule has 0 heterocycles. The molecule has 1 aromatic rings. The number of hydrogen-bond donors (Lipinski definition) is 0. The van der Waals surface area contributed by atoms with Crippen LogP contribution in [0.2, 0.25) is 0 Å². The SMILES string of the molecule is O=S(=O)(Cl)CCc1ccc(OC2CCCC2)cc1. The Morgan fingerprint density at radius 3 is 2.33 bits per heavy atom. The van der Waals surface area contributed by atoms with Crippen LogP contribution in [0.15, 0.2) is 24.3 Å². The highest BCUT2D eigenvalue weighted by atomic mass is 35.7. The molecule has 0 aliphatic heterocycles. The summed E-state index contributed by atoms with van der Waals surface area (Å²) in [4.78, 5) is 0. The Morgan fingerprint density at radius 2 is 1.78 bits per heavy atom. The molecule has 100 valence electrons. The predicted molar refractivity (Wildman–Crippen MR) is 72.7 cm³/mol. The van der Waals surface area contributed by atoms with Gasteiger partial charge in [-0.25, -0.2) is 8.42 Å². The summed E-state index contributed by atoms with van der Waals surface area (Å²) in [6.45, 7) is 0. The lowest BCUT2D eigenvalue weighted by Crippen LogP contribution is -2.10. The van der Waals surface area contributed by atoms with Gasteiger partial charge in [0.2, 0.25) is 9.05 Å². The molecular weight excluding hydrogens is 272 g/mol. The molecule has 0 amide bonds. The highest BCUT2D eigenvalue weighted by Crippen LogP contribution is 2.24. The number of ether oxygens (including phenoxy) is 1. The van der Waals surface area contributed by atoms with E-state index in [1.54, 1.807) is 0 Å². The van der Waals surface area contributed by atoms with Gasteiger partial charge in [-0.05, 0) is 49.8 Å². The second-order valence-electron chi connectivity index (χ2n) is 4.66. The summed E-state index contributed by atoms with van der Waals surface area (Å²) in [5.74, 6) is 0.830. The first-order valence-electron chi connectivity index (χ1n) is 6.21. The van der Waals surface area contributed by atoms with Crippen LogP contribution in [-0.4, -0.2) is 20.3 Å². The van der Waals surface area contributed by atoms with Gasteiger partial charge in [-0.3, -0.25) is 0 Å². The van der Waals surface area contributed by atoms with Gasteiger partial charge in [-0.1, -0.05) is 12.1 Å². The fraction of sp³-hybridized carbons (Fsp3) is 0.538. The van der Waals surface area contributed by atoms with Crippen molar-refractivity contribution in [1.29, 1.82) is 0 Å². The molecule has 1 saturated carbocycles. The van der Waals surface area contributed by atoms with Crippen molar-refractivity contribution in [2.24, 2.45) is 0 Å². The van der Waals surface area contributed by atoms with E-state index in [0.29, 0.717) is 12.5 Å². The first-order valence-corrected chi connectivity index (χ1v) is 8.69. The summed E-state index contributed by atoms with van der Waals surface area (Å²) in [6.07, 6.45) is 5.54. The molecule has 18 heavy (non-hydrogen) atoms. The Balaban J connectivity index is 1.88. The van der Waals surface area contributed by atoms with Crippen molar-refractivity contribution in [2.45, 2.75) is 38.2 Å². The van der Waals surface area contributed by atoms with Gasteiger partial charge in [0.1, 0.15) is 5.75 Å². The van der Waals surface area contributed by atoms with Crippen molar-refractivity contribution < 1.29 is 13.2 Å². The normalized spacial score (nSPS) is 16.9. The van der Waals surface area contributed by atoms with Gasteiger partial charge in [0, 0.05) is 10.7 Å². The van der Waals surface area contributed by atoms with E-state index in [0.717, 1.165) is 24.2 Å². The van der Waals surface area contributed by atoms with Gasteiger partial charge < -0.3 is 4.74 Å². The van der Waals surface area contributed by atoms with Crippen molar-refractivity contribution in [3.8, 4) is 5.75 Å². The van der Waals surface area contributed by atoms with Crippen molar-refractivity contribution in [2.75, 3.05) is 5.75 Å². The highest BCUT2D eigenvalue weighted by Gasteiger charge is 2.16. The van der Waals surface area contributed by atoms with Crippen molar-refractivity contribution in [3.05, 3.63) is 29.8 Å². The van der Waals surface area contributed by atoms with Crippen LogP contribution in [0.25, 0.3) is 0 Å². The molecule has 0 saturated heterocycles. The smallest absolute Gasteiger partial charge is 0.232 e. The van der Waals surface area contributed by atoms with E-state index in [2.05, 4.69) is 0 Å².